The monoisotopic (exact) mass is 243 g/mol. The van der Waals surface area contributed by atoms with Crippen LogP contribution in [0, 0.1) is 0 Å². The zero-order valence-corrected chi connectivity index (χ0v) is 9.05. The molecule has 2 heterocycles. The van der Waals surface area contributed by atoms with E-state index in [4.69, 9.17) is 4.74 Å². The van der Waals surface area contributed by atoms with E-state index in [-0.39, 0.29) is 12.1 Å². The van der Waals surface area contributed by atoms with E-state index in [1.165, 1.54) is 6.07 Å². The average molecular weight is 243 g/mol. The van der Waals surface area contributed by atoms with Gasteiger partial charge in [0.25, 0.3) is 0 Å². The van der Waals surface area contributed by atoms with E-state index in [1.54, 1.807) is 0 Å². The van der Waals surface area contributed by atoms with Gasteiger partial charge in [-0.05, 0) is 25.1 Å². The van der Waals surface area contributed by atoms with Crippen LogP contribution in [0.5, 0.6) is 5.75 Å². The van der Waals surface area contributed by atoms with E-state index in [0.717, 1.165) is 37.1 Å². The predicted molar refractivity (Wildman–Crippen MR) is 55.8 cm³/mol. The maximum absolute atomic E-state index is 12.6. The van der Waals surface area contributed by atoms with E-state index < -0.39 is 11.7 Å². The van der Waals surface area contributed by atoms with Crippen LogP contribution in [0.25, 0.3) is 0 Å². The Bertz CT molecular complexity index is 444. The van der Waals surface area contributed by atoms with Crippen LogP contribution >= 0.6 is 0 Å². The molecule has 3 rings (SSSR count). The molecule has 5 heteroatoms. The molecule has 1 aromatic rings. The number of nitrogens with one attached hydrogen (secondary N) is 1. The summed E-state index contributed by atoms with van der Waals surface area (Å²) in [5.41, 5.74) is 0.199. The molecule has 2 atom stereocenters. The van der Waals surface area contributed by atoms with Crippen LogP contribution in [0.2, 0.25) is 0 Å². The van der Waals surface area contributed by atoms with Crippen LogP contribution in [-0.2, 0) is 6.18 Å². The number of piperidine rings is 1. The van der Waals surface area contributed by atoms with Gasteiger partial charge in [0, 0.05) is 18.0 Å². The van der Waals surface area contributed by atoms with Crippen molar-refractivity contribution >= 4 is 0 Å². The number of rotatable bonds is 0. The molecule has 1 saturated heterocycles. The summed E-state index contributed by atoms with van der Waals surface area (Å²) in [6.07, 6.45) is -2.56. The fraction of sp³-hybridized carbons (Fsp3) is 0.500. The van der Waals surface area contributed by atoms with Gasteiger partial charge in [0.2, 0.25) is 0 Å². The van der Waals surface area contributed by atoms with Crippen molar-refractivity contribution in [1.29, 1.82) is 0 Å². The van der Waals surface area contributed by atoms with Crippen LogP contribution in [0.1, 0.15) is 30.0 Å². The quantitative estimate of drug-likeness (QED) is 0.756. The first kappa shape index (κ1) is 10.9. The Morgan fingerprint density at radius 2 is 2.12 bits per heavy atom. The minimum atomic E-state index is -4.31. The summed E-state index contributed by atoms with van der Waals surface area (Å²) in [7, 11) is 0. The van der Waals surface area contributed by atoms with Crippen molar-refractivity contribution in [3.05, 3.63) is 29.3 Å². The van der Waals surface area contributed by atoms with Crippen molar-refractivity contribution in [1.82, 2.24) is 5.32 Å². The maximum Gasteiger partial charge on any atom is 0.416 e. The van der Waals surface area contributed by atoms with Gasteiger partial charge in [-0.15, -0.1) is 0 Å². The van der Waals surface area contributed by atoms with E-state index in [2.05, 4.69) is 5.32 Å². The predicted octanol–water partition coefficient (Wildman–Crippen LogP) is 2.89. The van der Waals surface area contributed by atoms with Crippen molar-refractivity contribution in [2.45, 2.75) is 31.2 Å². The minimum Gasteiger partial charge on any atom is -0.490 e. The van der Waals surface area contributed by atoms with Crippen molar-refractivity contribution in [3.8, 4) is 5.75 Å². The molecule has 2 bridgehead atoms. The average Bonchev–Trinajstić information content (AvgIpc) is 2.27. The SMILES string of the molecule is FC(F)(F)c1ccc2c(c1)O[C@@H]1CCN[C@H]2C1. The second-order valence-electron chi connectivity index (χ2n) is 4.52. The van der Waals surface area contributed by atoms with Gasteiger partial charge >= 0.3 is 6.18 Å². The number of ether oxygens (including phenoxy) is 1. The lowest BCUT2D eigenvalue weighted by molar-refractivity contribution is -0.137. The van der Waals surface area contributed by atoms with Gasteiger partial charge in [-0.2, -0.15) is 13.2 Å². The van der Waals surface area contributed by atoms with Crippen molar-refractivity contribution in [3.63, 3.8) is 0 Å². The number of alkyl halides is 3. The van der Waals surface area contributed by atoms with Crippen molar-refractivity contribution < 1.29 is 17.9 Å². The molecule has 0 saturated carbocycles. The topological polar surface area (TPSA) is 21.3 Å². The number of benzene rings is 1. The molecule has 0 aromatic heterocycles. The van der Waals surface area contributed by atoms with E-state index in [9.17, 15) is 13.2 Å². The molecule has 1 fully saturated rings. The van der Waals surface area contributed by atoms with Crippen LogP contribution in [0.15, 0.2) is 18.2 Å². The molecule has 2 nitrogen and oxygen atoms in total. The second-order valence-corrected chi connectivity index (χ2v) is 4.52. The lowest BCUT2D eigenvalue weighted by atomic mass is 9.91. The van der Waals surface area contributed by atoms with Crippen LogP contribution in [-0.4, -0.2) is 12.6 Å². The second kappa shape index (κ2) is 3.63. The Labute approximate surface area is 96.8 Å². The van der Waals surface area contributed by atoms with Crippen LogP contribution in [0.3, 0.4) is 0 Å². The zero-order valence-electron chi connectivity index (χ0n) is 9.05. The molecule has 1 N–H and O–H groups in total. The molecule has 0 spiro atoms. The highest BCUT2D eigenvalue weighted by molar-refractivity contribution is 5.42. The maximum atomic E-state index is 12.6. The molecule has 0 amide bonds. The highest BCUT2D eigenvalue weighted by atomic mass is 19.4. The van der Waals surface area contributed by atoms with Gasteiger partial charge in [0.1, 0.15) is 11.9 Å². The number of fused-ring (bicyclic) bond motifs is 4. The third-order valence-corrected chi connectivity index (χ3v) is 3.37. The molecule has 2 aliphatic rings. The van der Waals surface area contributed by atoms with Gasteiger partial charge in [-0.25, -0.2) is 0 Å². The summed E-state index contributed by atoms with van der Waals surface area (Å²) < 4.78 is 43.3. The van der Waals surface area contributed by atoms with Crippen LogP contribution < -0.4 is 10.1 Å². The van der Waals surface area contributed by atoms with Gasteiger partial charge in [-0.1, -0.05) is 6.07 Å². The van der Waals surface area contributed by atoms with Crippen LogP contribution in [0.4, 0.5) is 13.2 Å². The molecule has 17 heavy (non-hydrogen) atoms. The molecule has 0 aliphatic carbocycles. The Kier molecular flexibility index (Phi) is 2.33. The highest BCUT2D eigenvalue weighted by Crippen LogP contribution is 2.41. The number of halogens is 3. The zero-order chi connectivity index (χ0) is 12.0. The molecular formula is C12H12F3NO. The lowest BCUT2D eigenvalue weighted by Gasteiger charge is -2.37. The third-order valence-electron chi connectivity index (χ3n) is 3.37. The van der Waals surface area contributed by atoms with Gasteiger partial charge in [0.05, 0.1) is 5.56 Å². The Morgan fingerprint density at radius 3 is 2.88 bits per heavy atom. The summed E-state index contributed by atoms with van der Waals surface area (Å²) in [6, 6.07) is 3.90. The first-order valence-corrected chi connectivity index (χ1v) is 5.65. The standard InChI is InChI=1S/C12H12F3NO/c13-12(14,15)7-1-2-9-10-6-8(3-4-16-10)17-11(9)5-7/h1-2,5,8,10,16H,3-4,6H2/t8-,10+/m1/s1. The smallest absolute Gasteiger partial charge is 0.416 e. The largest absolute Gasteiger partial charge is 0.490 e. The minimum absolute atomic E-state index is 0.0530. The third kappa shape index (κ3) is 1.88. The van der Waals surface area contributed by atoms with E-state index >= 15 is 0 Å². The fourth-order valence-electron chi connectivity index (χ4n) is 2.51. The molecule has 0 unspecified atom stereocenters. The van der Waals surface area contributed by atoms with Gasteiger partial charge in [-0.3, -0.25) is 0 Å². The Hall–Kier alpha value is -1.23. The van der Waals surface area contributed by atoms with Gasteiger partial charge < -0.3 is 10.1 Å². The summed E-state index contributed by atoms with van der Waals surface area (Å²) in [4.78, 5) is 0. The Morgan fingerprint density at radius 1 is 1.29 bits per heavy atom. The summed E-state index contributed by atoms with van der Waals surface area (Å²) in [5, 5.41) is 3.30. The molecule has 2 aliphatic heterocycles. The normalized spacial score (nSPS) is 27.2. The number of hydrogen-bond donors (Lipinski definition) is 1. The first-order chi connectivity index (χ1) is 8.04. The first-order valence-electron chi connectivity index (χ1n) is 5.65. The summed E-state index contributed by atoms with van der Waals surface area (Å²) in [5.74, 6) is 0.383. The summed E-state index contributed by atoms with van der Waals surface area (Å²) in [6.45, 7) is 0.857. The van der Waals surface area contributed by atoms with Crippen molar-refractivity contribution in [2.75, 3.05) is 6.54 Å². The van der Waals surface area contributed by atoms with Crippen molar-refractivity contribution in [2.24, 2.45) is 0 Å². The van der Waals surface area contributed by atoms with E-state index in [0.29, 0.717) is 5.75 Å². The lowest BCUT2D eigenvalue weighted by Crippen LogP contribution is -2.40. The van der Waals surface area contributed by atoms with E-state index in [1.807, 2.05) is 0 Å². The fourth-order valence-corrected chi connectivity index (χ4v) is 2.51. The van der Waals surface area contributed by atoms with Gasteiger partial charge in [0.15, 0.2) is 0 Å². The molecular weight excluding hydrogens is 231 g/mol. The number of hydrogen-bond acceptors (Lipinski definition) is 2. The molecule has 0 radical (unpaired) electrons. The summed E-state index contributed by atoms with van der Waals surface area (Å²) >= 11 is 0. The highest BCUT2D eigenvalue weighted by Gasteiger charge is 2.35. The molecule has 92 valence electrons. The Balaban J connectivity index is 2.01. The molecule has 1 aromatic carbocycles.